The summed E-state index contributed by atoms with van der Waals surface area (Å²) in [6.07, 6.45) is 0.0397. The lowest BCUT2D eigenvalue weighted by Gasteiger charge is -2.37. The van der Waals surface area contributed by atoms with Crippen LogP contribution in [0.3, 0.4) is 0 Å². The van der Waals surface area contributed by atoms with E-state index in [4.69, 9.17) is 14.6 Å². The maximum absolute atomic E-state index is 12.1. The van der Waals surface area contributed by atoms with Crippen LogP contribution in [0.25, 0.3) is 0 Å². The van der Waals surface area contributed by atoms with Crippen LogP contribution in [0.5, 0.6) is 0 Å². The number of aliphatic hydroxyl groups excluding tert-OH is 1. The molecule has 5 heteroatoms. The van der Waals surface area contributed by atoms with E-state index in [1.54, 1.807) is 12.0 Å². The summed E-state index contributed by atoms with van der Waals surface area (Å²) >= 11 is 0. The number of carbonyl (C=O) groups is 1. The maximum Gasteiger partial charge on any atom is 0.225 e. The van der Waals surface area contributed by atoms with Crippen molar-refractivity contribution in [2.45, 2.75) is 45.0 Å². The fraction of sp³-hybridized carbons (Fsp3) is 0.917. The van der Waals surface area contributed by atoms with Crippen molar-refractivity contribution in [2.24, 2.45) is 0 Å². The average Bonchev–Trinajstić information content (AvgIpc) is 2.27. The Morgan fingerprint density at radius 2 is 2.18 bits per heavy atom. The van der Waals surface area contributed by atoms with Gasteiger partial charge in [-0.25, -0.2) is 0 Å². The molecule has 0 spiro atoms. The first kappa shape index (κ1) is 14.4. The fourth-order valence-corrected chi connectivity index (χ4v) is 1.90. The van der Waals surface area contributed by atoms with Crippen LogP contribution in [0.2, 0.25) is 0 Å². The van der Waals surface area contributed by atoms with Crippen molar-refractivity contribution < 1.29 is 19.4 Å². The van der Waals surface area contributed by atoms with Gasteiger partial charge in [0.05, 0.1) is 30.8 Å². The summed E-state index contributed by atoms with van der Waals surface area (Å²) in [6, 6.07) is 0. The molecule has 2 unspecified atom stereocenters. The number of carbonyl (C=O) groups excluding carboxylic acids is 1. The van der Waals surface area contributed by atoms with Crippen molar-refractivity contribution >= 4 is 5.91 Å². The summed E-state index contributed by atoms with van der Waals surface area (Å²) in [4.78, 5) is 13.8. The minimum atomic E-state index is -0.451. The smallest absolute Gasteiger partial charge is 0.225 e. The van der Waals surface area contributed by atoms with Crippen LogP contribution in [0.1, 0.15) is 27.2 Å². The number of hydrogen-bond acceptors (Lipinski definition) is 4. The molecule has 100 valence electrons. The van der Waals surface area contributed by atoms with E-state index in [9.17, 15) is 4.79 Å². The molecule has 0 radical (unpaired) electrons. The molecule has 0 aromatic heterocycles. The molecule has 17 heavy (non-hydrogen) atoms. The van der Waals surface area contributed by atoms with Crippen molar-refractivity contribution in [3.63, 3.8) is 0 Å². The number of morpholine rings is 1. The molecule has 1 fully saturated rings. The third-order valence-electron chi connectivity index (χ3n) is 3.01. The lowest BCUT2D eigenvalue weighted by Crippen LogP contribution is -2.51. The zero-order valence-corrected chi connectivity index (χ0v) is 11.1. The number of methoxy groups -OCH3 is 1. The zero-order valence-electron chi connectivity index (χ0n) is 11.1. The fourth-order valence-electron chi connectivity index (χ4n) is 1.90. The van der Waals surface area contributed by atoms with Crippen molar-refractivity contribution in [3.8, 4) is 0 Å². The van der Waals surface area contributed by atoms with E-state index >= 15 is 0 Å². The Morgan fingerprint density at radius 3 is 2.71 bits per heavy atom. The summed E-state index contributed by atoms with van der Waals surface area (Å²) in [7, 11) is 1.60. The molecule has 5 nitrogen and oxygen atoms in total. The minimum Gasteiger partial charge on any atom is -0.394 e. The van der Waals surface area contributed by atoms with Gasteiger partial charge in [-0.1, -0.05) is 0 Å². The lowest BCUT2D eigenvalue weighted by atomic mass is 10.0. The second-order valence-corrected chi connectivity index (χ2v) is 5.19. The Labute approximate surface area is 103 Å². The van der Waals surface area contributed by atoms with E-state index in [1.165, 1.54) is 0 Å². The Balaban J connectivity index is 2.56. The monoisotopic (exact) mass is 245 g/mol. The van der Waals surface area contributed by atoms with Gasteiger partial charge < -0.3 is 19.5 Å². The van der Waals surface area contributed by atoms with E-state index < -0.39 is 5.60 Å². The van der Waals surface area contributed by atoms with E-state index in [1.807, 2.05) is 20.8 Å². The number of hydrogen-bond donors (Lipinski definition) is 1. The predicted octanol–water partition coefficient (Wildman–Crippen LogP) is 0.410. The molecular weight excluding hydrogens is 222 g/mol. The quantitative estimate of drug-likeness (QED) is 0.779. The van der Waals surface area contributed by atoms with Gasteiger partial charge in [-0.05, 0) is 20.8 Å². The number of rotatable bonds is 4. The molecule has 0 saturated carbocycles. The van der Waals surface area contributed by atoms with E-state index in [-0.39, 0.29) is 24.7 Å². The van der Waals surface area contributed by atoms with Crippen molar-refractivity contribution in [3.05, 3.63) is 0 Å². The van der Waals surface area contributed by atoms with Crippen LogP contribution in [0.15, 0.2) is 0 Å². The molecule has 1 aliphatic rings. The number of amides is 1. The minimum absolute atomic E-state index is 0.0319. The average molecular weight is 245 g/mol. The summed E-state index contributed by atoms with van der Waals surface area (Å²) < 4.78 is 10.7. The molecule has 1 heterocycles. The van der Waals surface area contributed by atoms with E-state index in [2.05, 4.69) is 0 Å². The van der Waals surface area contributed by atoms with Crippen LogP contribution in [-0.4, -0.2) is 60.5 Å². The predicted molar refractivity (Wildman–Crippen MR) is 63.7 cm³/mol. The first-order valence-corrected chi connectivity index (χ1v) is 5.97. The molecule has 1 aliphatic heterocycles. The molecule has 1 rings (SSSR count). The summed E-state index contributed by atoms with van der Waals surface area (Å²) in [5.74, 6) is 0.0467. The van der Waals surface area contributed by atoms with Crippen LogP contribution < -0.4 is 0 Å². The number of ether oxygens (including phenoxy) is 2. The molecule has 1 amide bonds. The molecule has 0 aromatic carbocycles. The van der Waals surface area contributed by atoms with Gasteiger partial charge in [0.15, 0.2) is 0 Å². The molecule has 1 N–H and O–H groups in total. The van der Waals surface area contributed by atoms with Gasteiger partial charge in [-0.15, -0.1) is 0 Å². The summed E-state index contributed by atoms with van der Waals surface area (Å²) in [5, 5.41) is 9.10. The highest BCUT2D eigenvalue weighted by Gasteiger charge is 2.31. The second kappa shape index (κ2) is 5.80. The number of nitrogens with zero attached hydrogens (tertiary/aromatic N) is 1. The van der Waals surface area contributed by atoms with Gasteiger partial charge in [-0.2, -0.15) is 0 Å². The van der Waals surface area contributed by atoms with Crippen LogP contribution in [0, 0.1) is 0 Å². The van der Waals surface area contributed by atoms with Gasteiger partial charge in [-0.3, -0.25) is 4.79 Å². The van der Waals surface area contributed by atoms with Gasteiger partial charge in [0.1, 0.15) is 0 Å². The molecule has 0 aromatic rings. The van der Waals surface area contributed by atoms with Crippen LogP contribution in [0.4, 0.5) is 0 Å². The van der Waals surface area contributed by atoms with Gasteiger partial charge >= 0.3 is 0 Å². The Bertz CT molecular complexity index is 267. The molecule has 1 saturated heterocycles. The van der Waals surface area contributed by atoms with Crippen molar-refractivity contribution in [1.29, 1.82) is 0 Å². The molecule has 2 atom stereocenters. The van der Waals surface area contributed by atoms with Crippen molar-refractivity contribution in [2.75, 3.05) is 26.8 Å². The highest BCUT2D eigenvalue weighted by Crippen LogP contribution is 2.18. The maximum atomic E-state index is 12.1. The van der Waals surface area contributed by atoms with Crippen LogP contribution in [-0.2, 0) is 14.3 Å². The standard InChI is InChI=1S/C12H23NO4/c1-9-6-13(7-10(8-14)17-9)11(15)5-12(2,3)16-4/h9-10,14H,5-8H2,1-4H3. The van der Waals surface area contributed by atoms with E-state index in [0.717, 1.165) is 0 Å². The first-order valence-electron chi connectivity index (χ1n) is 5.97. The first-order chi connectivity index (χ1) is 7.88. The van der Waals surface area contributed by atoms with Crippen LogP contribution >= 0.6 is 0 Å². The second-order valence-electron chi connectivity index (χ2n) is 5.19. The lowest BCUT2D eigenvalue weighted by molar-refractivity contribution is -0.151. The molecular formula is C12H23NO4. The topological polar surface area (TPSA) is 59.0 Å². The highest BCUT2D eigenvalue weighted by molar-refractivity contribution is 5.77. The Kier molecular flexibility index (Phi) is 4.91. The molecule has 0 aliphatic carbocycles. The largest absolute Gasteiger partial charge is 0.394 e. The number of aliphatic hydroxyl groups is 1. The van der Waals surface area contributed by atoms with Gasteiger partial charge in [0, 0.05) is 20.2 Å². The Hall–Kier alpha value is -0.650. The van der Waals surface area contributed by atoms with Gasteiger partial charge in [0.2, 0.25) is 5.91 Å². The normalized spacial score (nSPS) is 26.1. The highest BCUT2D eigenvalue weighted by atomic mass is 16.5. The summed E-state index contributed by atoms with van der Waals surface area (Å²) in [5.41, 5.74) is -0.451. The SMILES string of the molecule is COC(C)(C)CC(=O)N1CC(C)OC(CO)C1. The zero-order chi connectivity index (χ0) is 13.1. The van der Waals surface area contributed by atoms with E-state index in [0.29, 0.717) is 19.5 Å². The third-order valence-corrected chi connectivity index (χ3v) is 3.01. The van der Waals surface area contributed by atoms with Gasteiger partial charge in [0.25, 0.3) is 0 Å². The Morgan fingerprint density at radius 1 is 1.53 bits per heavy atom. The third kappa shape index (κ3) is 4.26. The summed E-state index contributed by atoms with van der Waals surface area (Å²) in [6.45, 7) is 6.66. The van der Waals surface area contributed by atoms with Crippen molar-refractivity contribution in [1.82, 2.24) is 4.90 Å². The molecule has 0 bridgehead atoms.